The van der Waals surface area contributed by atoms with Gasteiger partial charge in [0.1, 0.15) is 0 Å². The first-order valence-corrected chi connectivity index (χ1v) is 10.2. The van der Waals surface area contributed by atoms with Crippen LogP contribution in [0.2, 0.25) is 0 Å². The highest BCUT2D eigenvalue weighted by atomic mass is 19.4. The summed E-state index contributed by atoms with van der Waals surface area (Å²) in [7, 11) is 1.97. The van der Waals surface area contributed by atoms with Gasteiger partial charge in [0.2, 0.25) is 0 Å². The van der Waals surface area contributed by atoms with Gasteiger partial charge in [0.25, 0.3) is 5.91 Å². The summed E-state index contributed by atoms with van der Waals surface area (Å²) in [6, 6.07) is 22.4. The van der Waals surface area contributed by atoms with E-state index in [4.69, 9.17) is 0 Å². The second-order valence-electron chi connectivity index (χ2n) is 7.43. The molecule has 0 aliphatic rings. The highest BCUT2D eigenvalue weighted by Gasteiger charge is 2.30. The number of alkyl halides is 3. The van der Waals surface area contributed by atoms with Crippen LogP contribution in [0.5, 0.6) is 0 Å². The van der Waals surface area contributed by atoms with Gasteiger partial charge in [0.05, 0.1) is 24.0 Å². The van der Waals surface area contributed by atoms with E-state index in [1.54, 1.807) is 6.21 Å². The van der Waals surface area contributed by atoms with Crippen LogP contribution in [0, 0.1) is 0 Å². The molecule has 1 heterocycles. The van der Waals surface area contributed by atoms with Crippen LogP contribution in [0.15, 0.2) is 84.0 Å². The van der Waals surface area contributed by atoms with E-state index in [2.05, 4.69) is 20.4 Å². The lowest BCUT2D eigenvalue weighted by atomic mass is 10.1. The van der Waals surface area contributed by atoms with E-state index in [0.717, 1.165) is 39.9 Å². The Bertz CT molecular complexity index is 1310. The Morgan fingerprint density at radius 1 is 1.00 bits per heavy atom. The number of carbonyl (C=O) groups is 1. The van der Waals surface area contributed by atoms with Crippen molar-refractivity contribution in [3.05, 3.63) is 90.0 Å². The number of amides is 1. The van der Waals surface area contributed by atoms with Crippen molar-refractivity contribution >= 4 is 28.7 Å². The molecule has 0 saturated carbocycles. The number of carbonyl (C=O) groups excluding carboxylic acids is 1. The summed E-state index contributed by atoms with van der Waals surface area (Å²) in [5.41, 5.74) is 5.69. The smallest absolute Gasteiger partial charge is 0.376 e. The molecule has 1 aromatic heterocycles. The predicted octanol–water partition coefficient (Wildman–Crippen LogP) is 5.43. The molecule has 8 heteroatoms. The summed E-state index contributed by atoms with van der Waals surface area (Å²) in [6.07, 6.45) is -2.86. The Labute approximate surface area is 188 Å². The van der Waals surface area contributed by atoms with E-state index in [0.29, 0.717) is 0 Å². The Morgan fingerprint density at radius 3 is 2.48 bits per heavy atom. The molecule has 0 saturated heterocycles. The summed E-state index contributed by atoms with van der Waals surface area (Å²) < 4.78 is 40.6. The standard InChI is InChI=1S/C25H21F3N4O/c1-32-22-13-6-5-12-20(22)21(24(32)17-8-3-2-4-9-17)15-30-31-23(33)16-29-19-11-7-10-18(14-19)25(26,27)28/h2-15,29H,16H2,1H3,(H,31,33). The van der Waals surface area contributed by atoms with Gasteiger partial charge in [-0.1, -0.05) is 54.6 Å². The number of hydrogen-bond donors (Lipinski definition) is 2. The maximum atomic E-state index is 12.8. The lowest BCUT2D eigenvalue weighted by Crippen LogP contribution is -2.26. The molecule has 0 radical (unpaired) electrons. The second kappa shape index (κ2) is 9.20. The normalized spacial score (nSPS) is 11.8. The summed E-state index contributed by atoms with van der Waals surface area (Å²) in [5.74, 6) is -0.481. The first-order valence-electron chi connectivity index (χ1n) is 10.2. The minimum atomic E-state index is -4.45. The summed E-state index contributed by atoms with van der Waals surface area (Å²) in [6.45, 7) is -0.222. The minimum absolute atomic E-state index is 0.198. The van der Waals surface area contributed by atoms with Crippen molar-refractivity contribution in [2.45, 2.75) is 6.18 Å². The number of fused-ring (bicyclic) bond motifs is 1. The van der Waals surface area contributed by atoms with Gasteiger partial charge in [-0.3, -0.25) is 4.79 Å². The molecule has 0 aliphatic carbocycles. The van der Waals surface area contributed by atoms with Gasteiger partial charge >= 0.3 is 6.18 Å². The lowest BCUT2D eigenvalue weighted by molar-refractivity contribution is -0.137. The van der Waals surface area contributed by atoms with Gasteiger partial charge in [0, 0.05) is 29.2 Å². The van der Waals surface area contributed by atoms with Gasteiger partial charge in [-0.2, -0.15) is 18.3 Å². The van der Waals surface area contributed by atoms with E-state index in [1.165, 1.54) is 12.1 Å². The third-order valence-corrected chi connectivity index (χ3v) is 5.22. The molecule has 0 fully saturated rings. The molecule has 0 aliphatic heterocycles. The van der Waals surface area contributed by atoms with Crippen LogP contribution < -0.4 is 10.7 Å². The van der Waals surface area contributed by atoms with Crippen LogP contribution >= 0.6 is 0 Å². The summed E-state index contributed by atoms with van der Waals surface area (Å²) in [5, 5.41) is 7.77. The zero-order valence-corrected chi connectivity index (χ0v) is 17.7. The third kappa shape index (κ3) is 4.90. The fourth-order valence-corrected chi connectivity index (χ4v) is 3.69. The maximum Gasteiger partial charge on any atom is 0.416 e. The fourth-order valence-electron chi connectivity index (χ4n) is 3.69. The topological polar surface area (TPSA) is 58.4 Å². The van der Waals surface area contributed by atoms with Gasteiger partial charge in [-0.25, -0.2) is 5.43 Å². The van der Waals surface area contributed by atoms with Crippen molar-refractivity contribution in [3.63, 3.8) is 0 Å². The molecule has 2 N–H and O–H groups in total. The number of anilines is 1. The molecule has 0 bridgehead atoms. The van der Waals surface area contributed by atoms with Gasteiger partial charge in [-0.15, -0.1) is 0 Å². The fraction of sp³-hybridized carbons (Fsp3) is 0.120. The predicted molar refractivity (Wildman–Crippen MR) is 124 cm³/mol. The van der Waals surface area contributed by atoms with Gasteiger partial charge < -0.3 is 9.88 Å². The Morgan fingerprint density at radius 2 is 1.73 bits per heavy atom. The largest absolute Gasteiger partial charge is 0.416 e. The highest BCUT2D eigenvalue weighted by molar-refractivity contribution is 6.06. The lowest BCUT2D eigenvalue weighted by Gasteiger charge is -2.10. The molecule has 5 nitrogen and oxygen atoms in total. The van der Waals surface area contributed by atoms with Crippen molar-refractivity contribution in [1.29, 1.82) is 0 Å². The first kappa shape index (κ1) is 22.1. The average molecular weight is 450 g/mol. The van der Waals surface area contributed by atoms with E-state index in [9.17, 15) is 18.0 Å². The number of para-hydroxylation sites is 1. The molecule has 33 heavy (non-hydrogen) atoms. The van der Waals surface area contributed by atoms with Crippen molar-refractivity contribution in [3.8, 4) is 11.3 Å². The molecular weight excluding hydrogens is 429 g/mol. The minimum Gasteiger partial charge on any atom is -0.376 e. The Kier molecular flexibility index (Phi) is 6.17. The van der Waals surface area contributed by atoms with Crippen LogP contribution in [0.3, 0.4) is 0 Å². The summed E-state index contributed by atoms with van der Waals surface area (Å²) >= 11 is 0. The Balaban J connectivity index is 1.50. The molecule has 4 rings (SSSR count). The van der Waals surface area contributed by atoms with E-state index >= 15 is 0 Å². The quantitative estimate of drug-likeness (QED) is 0.304. The molecule has 0 atom stereocenters. The van der Waals surface area contributed by atoms with E-state index < -0.39 is 17.6 Å². The van der Waals surface area contributed by atoms with Crippen LogP contribution in [-0.2, 0) is 18.0 Å². The monoisotopic (exact) mass is 450 g/mol. The molecular formula is C25H21F3N4O. The molecule has 4 aromatic rings. The van der Waals surface area contributed by atoms with Gasteiger partial charge in [-0.05, 0) is 29.8 Å². The maximum absolute atomic E-state index is 12.8. The number of halogens is 3. The molecule has 1 amide bonds. The van der Waals surface area contributed by atoms with Crippen LogP contribution in [-0.4, -0.2) is 23.2 Å². The van der Waals surface area contributed by atoms with Gasteiger partial charge in [0.15, 0.2) is 0 Å². The SMILES string of the molecule is Cn1c(-c2ccccc2)c(C=NNC(=O)CNc2cccc(C(F)(F)F)c2)c2ccccc21. The zero-order chi connectivity index (χ0) is 23.4. The number of nitrogens with zero attached hydrogens (tertiary/aromatic N) is 2. The van der Waals surface area contributed by atoms with Crippen LogP contribution in [0.1, 0.15) is 11.1 Å². The number of rotatable bonds is 6. The van der Waals surface area contributed by atoms with Crippen molar-refractivity contribution in [2.24, 2.45) is 12.1 Å². The molecule has 0 spiro atoms. The zero-order valence-electron chi connectivity index (χ0n) is 17.7. The van der Waals surface area contributed by atoms with Crippen LogP contribution in [0.25, 0.3) is 22.2 Å². The first-order chi connectivity index (χ1) is 15.8. The average Bonchev–Trinajstić information content (AvgIpc) is 3.10. The number of nitrogens with one attached hydrogen (secondary N) is 2. The Hall–Kier alpha value is -4.07. The van der Waals surface area contributed by atoms with Crippen molar-refractivity contribution in [2.75, 3.05) is 11.9 Å². The summed E-state index contributed by atoms with van der Waals surface area (Å²) in [4.78, 5) is 12.2. The number of benzene rings is 3. The van der Waals surface area contributed by atoms with Crippen molar-refractivity contribution < 1.29 is 18.0 Å². The number of hydrazone groups is 1. The van der Waals surface area contributed by atoms with Crippen LogP contribution in [0.4, 0.5) is 18.9 Å². The number of hydrogen-bond acceptors (Lipinski definition) is 3. The van der Waals surface area contributed by atoms with E-state index in [-0.39, 0.29) is 12.2 Å². The molecule has 3 aromatic carbocycles. The second-order valence-corrected chi connectivity index (χ2v) is 7.43. The van der Waals surface area contributed by atoms with E-state index in [1.807, 2.05) is 61.6 Å². The third-order valence-electron chi connectivity index (χ3n) is 5.22. The number of aryl methyl sites for hydroxylation is 1. The number of aromatic nitrogens is 1. The molecule has 168 valence electrons. The highest BCUT2D eigenvalue weighted by Crippen LogP contribution is 2.32. The van der Waals surface area contributed by atoms with Crippen molar-refractivity contribution in [1.82, 2.24) is 9.99 Å². The molecule has 0 unspecified atom stereocenters.